The number of nitrogens with zero attached hydrogens (tertiary/aromatic N) is 5. The molecule has 0 amide bonds. The number of anilines is 3. The average molecular weight is 1150 g/mol. The fourth-order valence-electron chi connectivity index (χ4n) is 9.70. The van der Waals surface area contributed by atoms with Crippen LogP contribution in [0.3, 0.4) is 0 Å². The molecule has 12 rings (SSSR count). The van der Waals surface area contributed by atoms with Crippen molar-refractivity contribution in [2.75, 3.05) is 4.90 Å². The maximum Gasteiger partial charge on any atom is 0.268 e. The Kier molecular flexibility index (Phi) is 9.85. The minimum Gasteiger partial charge on any atom is -0.359 e. The molecule has 0 bridgehead atoms. The summed E-state index contributed by atoms with van der Waals surface area (Å²) in [5, 5.41) is 2.05. The Morgan fingerprint density at radius 3 is 1.84 bits per heavy atom. The Morgan fingerprint density at radius 2 is 1.15 bits per heavy atom. The summed E-state index contributed by atoms with van der Waals surface area (Å²) in [7, 11) is 0. The number of pyridine rings is 1. The van der Waals surface area contributed by atoms with Gasteiger partial charge in [0.1, 0.15) is 5.82 Å². The van der Waals surface area contributed by atoms with Crippen molar-refractivity contribution in [2.24, 2.45) is 0 Å². The molecular formula is C68H55N5Pt-2. The maximum absolute atomic E-state index is 9.15. The number of imidazole rings is 1. The molecule has 364 valence electrons. The van der Waals surface area contributed by atoms with Crippen LogP contribution in [-0.2, 0) is 31.9 Å². The first kappa shape index (κ1) is 37.6. The minimum absolute atomic E-state index is 0. The van der Waals surface area contributed by atoms with E-state index in [-0.39, 0.29) is 59.8 Å². The molecule has 0 aliphatic heterocycles. The molecule has 0 radical (unpaired) electrons. The normalized spacial score (nSPS) is 13.7. The van der Waals surface area contributed by atoms with Gasteiger partial charge in [-0.3, -0.25) is 4.57 Å². The fourth-order valence-corrected chi connectivity index (χ4v) is 9.70. The third-order valence-electron chi connectivity index (χ3n) is 13.5. The summed E-state index contributed by atoms with van der Waals surface area (Å²) in [6.45, 7) is 13.3. The van der Waals surface area contributed by atoms with Gasteiger partial charge >= 0.3 is 0 Å². The number of benzene rings is 9. The quantitative estimate of drug-likeness (QED) is 0.106. The van der Waals surface area contributed by atoms with Crippen LogP contribution in [-0.4, -0.2) is 14.1 Å². The molecule has 0 atom stereocenters. The first-order valence-corrected chi connectivity index (χ1v) is 24.3. The summed E-state index contributed by atoms with van der Waals surface area (Å²) in [5.41, 5.74) is 10.4. The molecule has 0 saturated carbocycles. The second kappa shape index (κ2) is 19.4. The van der Waals surface area contributed by atoms with Crippen molar-refractivity contribution in [3.8, 4) is 50.6 Å². The topological polar surface area (TPSA) is 29.9 Å². The Hall–Kier alpha value is -8.11. The van der Waals surface area contributed by atoms with Gasteiger partial charge in [-0.25, -0.2) is 4.98 Å². The molecule has 0 aliphatic rings. The summed E-state index contributed by atoms with van der Waals surface area (Å²) in [4.78, 5) is 7.13. The third kappa shape index (κ3) is 8.86. The van der Waals surface area contributed by atoms with E-state index in [0.29, 0.717) is 22.4 Å². The SMILES string of the molecule is [2H]c1c([2H])c([2H])c(-c2cccc(-c3c([2H])c([2H])c([2H])c([2H])c3[2H])c2-[n+]2[c-]n(-c3[c-]c(N(c4[c-]c5c(cc4)c4ccc(-c6ccc(C(C)(C)C)cc6)cc4n5-c4cc(C(C)(C)C)ccn4)c4ccccc4)ccc3)c3ccccc32)c([2H])c1[2H].[Pt]. The average Bonchev–Trinajstić information content (AvgIpc) is 2.47. The standard InChI is InChI=1S/C68H55N5.Pt/c1-67(2,3)51-35-32-47(33-36-51)50-34-38-59-60-39-37-56(45-64(60)73(63(59)42-50)65-43-52(40-41-69-65)68(4,5)6)72(53-24-14-9-15-25-53)55-27-18-26-54(44-55)70-46-71(62-31-17-16-30-61(62)70)66-57(48-20-10-7-11-21-48)28-19-29-58(66)49-22-12-8-13-23-49;/h7-43H,1-6H3;/q-2;/i7D,8D,10D,11D,12D,13D,20D,21D,22D,23D;. The van der Waals surface area contributed by atoms with Crippen molar-refractivity contribution in [3.05, 3.63) is 254 Å². The molecule has 0 N–H and O–H groups in total. The van der Waals surface area contributed by atoms with Crippen LogP contribution in [0.25, 0.3) is 83.4 Å². The van der Waals surface area contributed by atoms with Crippen LogP contribution in [0.5, 0.6) is 0 Å². The molecule has 0 aliphatic carbocycles. The van der Waals surface area contributed by atoms with Crippen molar-refractivity contribution in [3.63, 3.8) is 0 Å². The Balaban J connectivity index is 0.00000736. The maximum atomic E-state index is 9.15. The molecule has 5 nitrogen and oxygen atoms in total. The Labute approximate surface area is 463 Å². The summed E-state index contributed by atoms with van der Waals surface area (Å²) in [6, 6.07) is 54.2. The number of hydrogen-bond donors (Lipinski definition) is 0. The van der Waals surface area contributed by atoms with Gasteiger partial charge in [0.15, 0.2) is 0 Å². The van der Waals surface area contributed by atoms with Crippen molar-refractivity contribution in [2.45, 2.75) is 52.4 Å². The van der Waals surface area contributed by atoms with Gasteiger partial charge in [0.25, 0.3) is 6.33 Å². The van der Waals surface area contributed by atoms with Crippen LogP contribution < -0.4 is 9.47 Å². The van der Waals surface area contributed by atoms with Crippen LogP contribution in [0.15, 0.2) is 224 Å². The molecule has 0 spiro atoms. The summed E-state index contributed by atoms with van der Waals surface area (Å²) in [6.07, 6.45) is 5.39. The fraction of sp³-hybridized carbons (Fsp3) is 0.118. The van der Waals surface area contributed by atoms with E-state index in [1.165, 1.54) is 5.56 Å². The van der Waals surface area contributed by atoms with E-state index in [2.05, 4.69) is 136 Å². The van der Waals surface area contributed by atoms with Crippen molar-refractivity contribution in [1.29, 1.82) is 0 Å². The number of hydrogen-bond acceptors (Lipinski definition) is 2. The van der Waals surface area contributed by atoms with E-state index in [0.717, 1.165) is 55.7 Å². The number of rotatable bonds is 9. The van der Waals surface area contributed by atoms with Gasteiger partial charge in [-0.1, -0.05) is 216 Å². The Bertz CT molecular complexity index is 4450. The van der Waals surface area contributed by atoms with Gasteiger partial charge in [0.2, 0.25) is 0 Å². The summed E-state index contributed by atoms with van der Waals surface area (Å²) < 4.78 is 93.8. The zero-order valence-electron chi connectivity index (χ0n) is 51.6. The molecule has 0 fully saturated rings. The van der Waals surface area contributed by atoms with Gasteiger partial charge < -0.3 is 14.0 Å². The molecular weight excluding hydrogens is 1080 g/mol. The molecule has 6 heteroatoms. The monoisotopic (exact) mass is 1150 g/mol. The van der Waals surface area contributed by atoms with E-state index < -0.39 is 60.4 Å². The van der Waals surface area contributed by atoms with E-state index >= 15 is 0 Å². The van der Waals surface area contributed by atoms with Crippen molar-refractivity contribution >= 4 is 49.9 Å². The number of fused-ring (bicyclic) bond motifs is 4. The van der Waals surface area contributed by atoms with E-state index in [1.807, 2.05) is 79.0 Å². The van der Waals surface area contributed by atoms with Gasteiger partial charge in [-0.05, 0) is 96.7 Å². The van der Waals surface area contributed by atoms with E-state index in [9.17, 15) is 0 Å². The van der Waals surface area contributed by atoms with Crippen molar-refractivity contribution < 1.29 is 39.3 Å². The predicted octanol–water partition coefficient (Wildman–Crippen LogP) is 16.9. The molecule has 9 aromatic carbocycles. The van der Waals surface area contributed by atoms with Gasteiger partial charge in [0.05, 0.1) is 30.4 Å². The smallest absolute Gasteiger partial charge is 0.268 e. The van der Waals surface area contributed by atoms with Gasteiger partial charge in [-0.2, -0.15) is 24.3 Å². The number of aromatic nitrogens is 4. The van der Waals surface area contributed by atoms with Crippen LogP contribution in [0.4, 0.5) is 17.1 Å². The first-order valence-electron chi connectivity index (χ1n) is 29.3. The van der Waals surface area contributed by atoms with E-state index in [4.69, 9.17) is 18.7 Å². The molecule has 0 unspecified atom stereocenters. The zero-order chi connectivity index (χ0) is 58.6. The third-order valence-corrected chi connectivity index (χ3v) is 13.5. The number of para-hydroxylation sites is 4. The van der Waals surface area contributed by atoms with Crippen molar-refractivity contribution in [1.82, 2.24) is 14.1 Å². The second-order valence-corrected chi connectivity index (χ2v) is 20.2. The van der Waals surface area contributed by atoms with Crippen LogP contribution in [0, 0.1) is 18.5 Å². The summed E-state index contributed by atoms with van der Waals surface area (Å²) in [5.74, 6) is 0.761. The zero-order valence-corrected chi connectivity index (χ0v) is 43.9. The van der Waals surface area contributed by atoms with Crippen LogP contribution in [0.2, 0.25) is 0 Å². The summed E-state index contributed by atoms with van der Waals surface area (Å²) >= 11 is 0. The van der Waals surface area contributed by atoms with Gasteiger partial charge in [0, 0.05) is 38.5 Å². The second-order valence-electron chi connectivity index (χ2n) is 20.2. The molecule has 3 heterocycles. The van der Waals surface area contributed by atoms with Crippen LogP contribution >= 0.6 is 0 Å². The Morgan fingerprint density at radius 1 is 0.527 bits per heavy atom. The molecule has 12 aromatic rings. The first-order chi connectivity index (χ1) is 39.6. The molecule has 0 saturated heterocycles. The molecule has 74 heavy (non-hydrogen) atoms. The minimum atomic E-state index is -0.571. The van der Waals surface area contributed by atoms with Crippen LogP contribution in [0.1, 0.15) is 66.4 Å². The van der Waals surface area contributed by atoms with E-state index in [1.54, 1.807) is 27.3 Å². The molecule has 3 aromatic heterocycles. The largest absolute Gasteiger partial charge is 0.359 e. The van der Waals surface area contributed by atoms with Gasteiger partial charge in [-0.15, -0.1) is 23.6 Å². The predicted molar refractivity (Wildman–Crippen MR) is 302 cm³/mol.